The molecule has 2 rings (SSSR count). The second-order valence-electron chi connectivity index (χ2n) is 5.04. The van der Waals surface area contributed by atoms with Crippen LogP contribution in [0.1, 0.15) is 12.6 Å². The van der Waals surface area contributed by atoms with Gasteiger partial charge >= 0.3 is 5.97 Å². The summed E-state index contributed by atoms with van der Waals surface area (Å²) in [5.41, 5.74) is 1.41. The normalized spacial score (nSPS) is 11.8. The third-order valence-corrected chi connectivity index (χ3v) is 3.37. The van der Waals surface area contributed by atoms with Gasteiger partial charge in [-0.1, -0.05) is 6.07 Å². The molecule has 8 heteroatoms. The minimum absolute atomic E-state index is 0.0330. The van der Waals surface area contributed by atoms with Gasteiger partial charge in [0.25, 0.3) is 0 Å². The first-order valence-electron chi connectivity index (χ1n) is 7.74. The minimum Gasteiger partial charge on any atom is -0.461 e. The number of carbonyl (C=O) groups is 2. The van der Waals surface area contributed by atoms with Crippen molar-refractivity contribution in [1.82, 2.24) is 14.7 Å². The number of rotatable bonds is 8. The Morgan fingerprint density at radius 1 is 1.32 bits per heavy atom. The fourth-order valence-electron chi connectivity index (χ4n) is 2.21. The molecule has 25 heavy (non-hydrogen) atoms. The van der Waals surface area contributed by atoms with E-state index in [9.17, 15) is 9.59 Å². The van der Waals surface area contributed by atoms with E-state index in [1.165, 1.54) is 20.3 Å². The number of esters is 1. The monoisotopic (exact) mass is 347 g/mol. The lowest BCUT2D eigenvalue weighted by Crippen LogP contribution is -2.31. The Morgan fingerprint density at radius 2 is 2.08 bits per heavy atom. The first-order valence-corrected chi connectivity index (χ1v) is 7.74. The van der Waals surface area contributed by atoms with E-state index in [1.807, 2.05) is 24.4 Å². The van der Waals surface area contributed by atoms with Gasteiger partial charge in [0.05, 0.1) is 18.7 Å². The van der Waals surface area contributed by atoms with Crippen LogP contribution in [0.2, 0.25) is 0 Å². The van der Waals surface area contributed by atoms with E-state index in [2.05, 4.69) is 10.3 Å². The summed E-state index contributed by atoms with van der Waals surface area (Å²) in [5.74, 6) is -1.04. The maximum Gasteiger partial charge on any atom is 0.354 e. The number of hydrogen-bond acceptors (Lipinski definition) is 6. The van der Waals surface area contributed by atoms with Gasteiger partial charge < -0.3 is 23.9 Å². The first kappa shape index (κ1) is 18.6. The van der Waals surface area contributed by atoms with Gasteiger partial charge in [0.2, 0.25) is 5.91 Å². The van der Waals surface area contributed by atoms with Gasteiger partial charge in [-0.25, -0.2) is 9.78 Å². The molecule has 0 saturated heterocycles. The third kappa shape index (κ3) is 4.88. The molecule has 8 nitrogen and oxygen atoms in total. The number of nitrogens with one attached hydrogen (secondary N) is 1. The molecule has 0 radical (unpaired) electrons. The van der Waals surface area contributed by atoms with E-state index in [4.69, 9.17) is 14.2 Å². The Hall–Kier alpha value is -2.71. The summed E-state index contributed by atoms with van der Waals surface area (Å²) in [6, 6.07) is 5.55. The predicted octanol–water partition coefficient (Wildman–Crippen LogP) is 1.06. The molecule has 0 fully saturated rings. The largest absolute Gasteiger partial charge is 0.461 e. The van der Waals surface area contributed by atoms with Crippen molar-refractivity contribution in [3.8, 4) is 0 Å². The molecule has 2 aromatic heterocycles. The third-order valence-electron chi connectivity index (χ3n) is 3.37. The van der Waals surface area contributed by atoms with Crippen molar-refractivity contribution in [2.45, 2.75) is 19.6 Å². The van der Waals surface area contributed by atoms with Crippen LogP contribution in [0.4, 0.5) is 0 Å². The van der Waals surface area contributed by atoms with Crippen molar-refractivity contribution in [1.29, 1.82) is 0 Å². The van der Waals surface area contributed by atoms with Crippen molar-refractivity contribution in [2.24, 2.45) is 0 Å². The molecule has 0 bridgehead atoms. The number of amides is 1. The minimum atomic E-state index is -0.782. The molecule has 2 aromatic rings. The number of methoxy groups -OCH3 is 2. The molecule has 0 unspecified atom stereocenters. The molecule has 0 spiro atoms. The van der Waals surface area contributed by atoms with E-state index in [-0.39, 0.29) is 24.6 Å². The molecule has 134 valence electrons. The van der Waals surface area contributed by atoms with Crippen molar-refractivity contribution < 1.29 is 23.8 Å². The summed E-state index contributed by atoms with van der Waals surface area (Å²) < 4.78 is 16.8. The maximum absolute atomic E-state index is 12.3. The van der Waals surface area contributed by atoms with Crippen LogP contribution in [0.3, 0.4) is 0 Å². The number of aromatic nitrogens is 2. The Morgan fingerprint density at radius 3 is 2.76 bits per heavy atom. The molecule has 0 saturated carbocycles. The number of imidazole rings is 1. The van der Waals surface area contributed by atoms with Gasteiger partial charge in [-0.15, -0.1) is 0 Å². The summed E-state index contributed by atoms with van der Waals surface area (Å²) in [6.45, 7) is 1.86. The second-order valence-corrected chi connectivity index (χ2v) is 5.04. The molecular formula is C17H21N3O5. The second kappa shape index (κ2) is 8.95. The molecule has 0 aliphatic carbocycles. The van der Waals surface area contributed by atoms with Crippen LogP contribution in [-0.2, 0) is 30.2 Å². The van der Waals surface area contributed by atoms with Crippen molar-refractivity contribution in [2.75, 3.05) is 20.8 Å². The van der Waals surface area contributed by atoms with Crippen LogP contribution in [0.15, 0.2) is 42.4 Å². The topological polar surface area (TPSA) is 91.2 Å². The zero-order valence-corrected chi connectivity index (χ0v) is 14.4. The summed E-state index contributed by atoms with van der Waals surface area (Å²) in [6.07, 6.45) is 4.06. The highest BCUT2D eigenvalue weighted by Crippen LogP contribution is 2.08. The van der Waals surface area contributed by atoms with Gasteiger partial charge in [0, 0.05) is 32.7 Å². The SMILES string of the molecule is CCOC(=O)C(=CC(OC)OC)NC(=O)Cc1cnc2ccccn12. The van der Waals surface area contributed by atoms with E-state index in [0.29, 0.717) is 5.69 Å². The lowest BCUT2D eigenvalue weighted by atomic mass is 10.3. The predicted molar refractivity (Wildman–Crippen MR) is 89.6 cm³/mol. The number of ether oxygens (including phenoxy) is 3. The maximum atomic E-state index is 12.3. The molecule has 1 amide bonds. The molecular weight excluding hydrogens is 326 g/mol. The average molecular weight is 347 g/mol. The number of nitrogens with zero attached hydrogens (tertiary/aromatic N) is 2. The van der Waals surface area contributed by atoms with Crippen LogP contribution in [0.5, 0.6) is 0 Å². The zero-order chi connectivity index (χ0) is 18.2. The Balaban J connectivity index is 2.14. The van der Waals surface area contributed by atoms with Crippen LogP contribution < -0.4 is 5.32 Å². The van der Waals surface area contributed by atoms with Gasteiger partial charge in [-0.2, -0.15) is 0 Å². The fourth-order valence-corrected chi connectivity index (χ4v) is 2.21. The van der Waals surface area contributed by atoms with E-state index >= 15 is 0 Å². The molecule has 2 heterocycles. The summed E-state index contributed by atoms with van der Waals surface area (Å²) in [7, 11) is 2.85. The Bertz CT molecular complexity index is 764. The van der Waals surface area contributed by atoms with Gasteiger partial charge in [-0.05, 0) is 19.1 Å². The number of hydrogen-bond donors (Lipinski definition) is 1. The van der Waals surface area contributed by atoms with Crippen LogP contribution in [-0.4, -0.2) is 48.4 Å². The van der Waals surface area contributed by atoms with E-state index < -0.39 is 12.3 Å². The highest BCUT2D eigenvalue weighted by Gasteiger charge is 2.18. The summed E-state index contributed by atoms with van der Waals surface area (Å²) >= 11 is 0. The molecule has 0 aliphatic rings. The van der Waals surface area contributed by atoms with E-state index in [1.54, 1.807) is 17.5 Å². The van der Waals surface area contributed by atoms with E-state index in [0.717, 1.165) is 5.65 Å². The fraction of sp³-hybridized carbons (Fsp3) is 0.353. The quantitative estimate of drug-likeness (QED) is 0.436. The summed E-state index contributed by atoms with van der Waals surface area (Å²) in [4.78, 5) is 28.6. The standard InChI is InChI=1S/C17H21N3O5/c1-4-25-17(22)13(10-16(23-2)24-3)19-15(21)9-12-11-18-14-7-5-6-8-20(12)14/h5-8,10-11,16H,4,9H2,1-3H3,(H,19,21). The zero-order valence-electron chi connectivity index (χ0n) is 14.4. The molecule has 0 aliphatic heterocycles. The highest BCUT2D eigenvalue weighted by atomic mass is 16.7. The number of carbonyl (C=O) groups excluding carboxylic acids is 2. The van der Waals surface area contributed by atoms with Gasteiger partial charge in [-0.3, -0.25) is 4.79 Å². The smallest absolute Gasteiger partial charge is 0.354 e. The first-order chi connectivity index (χ1) is 12.1. The Labute approximate surface area is 145 Å². The van der Waals surface area contributed by atoms with Crippen molar-refractivity contribution >= 4 is 17.5 Å². The van der Waals surface area contributed by atoms with Gasteiger partial charge in [0.1, 0.15) is 11.3 Å². The molecule has 0 aromatic carbocycles. The van der Waals surface area contributed by atoms with Crippen LogP contribution in [0.25, 0.3) is 5.65 Å². The van der Waals surface area contributed by atoms with Crippen molar-refractivity contribution in [3.63, 3.8) is 0 Å². The van der Waals surface area contributed by atoms with Gasteiger partial charge in [0.15, 0.2) is 6.29 Å². The average Bonchev–Trinajstić information content (AvgIpc) is 3.01. The lowest BCUT2D eigenvalue weighted by Gasteiger charge is -2.13. The Kier molecular flexibility index (Phi) is 6.67. The lowest BCUT2D eigenvalue weighted by molar-refractivity contribution is -0.140. The van der Waals surface area contributed by atoms with Crippen LogP contribution >= 0.6 is 0 Å². The summed E-state index contributed by atoms with van der Waals surface area (Å²) in [5, 5.41) is 2.55. The van der Waals surface area contributed by atoms with Crippen LogP contribution in [0, 0.1) is 0 Å². The van der Waals surface area contributed by atoms with Crippen molar-refractivity contribution in [3.05, 3.63) is 48.1 Å². The number of fused-ring (bicyclic) bond motifs is 1. The number of pyridine rings is 1. The molecule has 0 atom stereocenters. The highest BCUT2D eigenvalue weighted by molar-refractivity contribution is 5.94. The molecule has 1 N–H and O–H groups in total.